The SMILES string of the molecule is Cc1ccccc1CN(C)C(=O)CSc1nc2ccccc2s1. The average molecular weight is 342 g/mol. The largest absolute Gasteiger partial charge is 0.341 e. The summed E-state index contributed by atoms with van der Waals surface area (Å²) in [4.78, 5) is 18.7. The fraction of sp³-hybridized carbons (Fsp3) is 0.222. The van der Waals surface area contributed by atoms with Crippen molar-refractivity contribution in [2.24, 2.45) is 0 Å². The minimum atomic E-state index is 0.123. The van der Waals surface area contributed by atoms with E-state index in [4.69, 9.17) is 0 Å². The first-order chi connectivity index (χ1) is 11.1. The molecule has 0 unspecified atom stereocenters. The summed E-state index contributed by atoms with van der Waals surface area (Å²) in [7, 11) is 1.85. The minimum Gasteiger partial charge on any atom is -0.341 e. The first kappa shape index (κ1) is 16.0. The van der Waals surface area contributed by atoms with Crippen LogP contribution in [0.1, 0.15) is 11.1 Å². The number of carbonyl (C=O) groups excluding carboxylic acids is 1. The van der Waals surface area contributed by atoms with E-state index in [1.807, 2.05) is 37.4 Å². The Morgan fingerprint density at radius 3 is 2.70 bits per heavy atom. The van der Waals surface area contributed by atoms with Crippen LogP contribution in [0.25, 0.3) is 10.2 Å². The maximum atomic E-state index is 12.3. The maximum absolute atomic E-state index is 12.3. The Hall–Kier alpha value is -1.85. The predicted octanol–water partition coefficient (Wildman–Crippen LogP) is 4.36. The van der Waals surface area contributed by atoms with Crippen LogP contribution in [-0.2, 0) is 11.3 Å². The van der Waals surface area contributed by atoms with Gasteiger partial charge >= 0.3 is 0 Å². The molecule has 0 saturated heterocycles. The van der Waals surface area contributed by atoms with Crippen LogP contribution in [-0.4, -0.2) is 28.6 Å². The molecule has 0 N–H and O–H groups in total. The summed E-state index contributed by atoms with van der Waals surface area (Å²) in [5, 5.41) is 0. The van der Waals surface area contributed by atoms with E-state index in [9.17, 15) is 4.79 Å². The van der Waals surface area contributed by atoms with Crippen molar-refractivity contribution < 1.29 is 4.79 Å². The van der Waals surface area contributed by atoms with E-state index in [-0.39, 0.29) is 5.91 Å². The number of hydrogen-bond donors (Lipinski definition) is 0. The number of benzene rings is 2. The molecule has 0 aliphatic rings. The number of hydrogen-bond acceptors (Lipinski definition) is 4. The molecule has 118 valence electrons. The summed E-state index contributed by atoms with van der Waals surface area (Å²) < 4.78 is 2.11. The fourth-order valence-corrected chi connectivity index (χ4v) is 4.29. The Kier molecular flexibility index (Phi) is 4.98. The van der Waals surface area contributed by atoms with Crippen LogP contribution < -0.4 is 0 Å². The first-order valence-corrected chi connectivity index (χ1v) is 9.20. The number of thioether (sulfide) groups is 1. The lowest BCUT2D eigenvalue weighted by molar-refractivity contribution is -0.127. The summed E-state index contributed by atoms with van der Waals surface area (Å²) in [6, 6.07) is 16.2. The highest BCUT2D eigenvalue weighted by Crippen LogP contribution is 2.29. The molecule has 0 spiro atoms. The van der Waals surface area contributed by atoms with E-state index in [0.717, 1.165) is 14.6 Å². The number of fused-ring (bicyclic) bond motifs is 1. The van der Waals surface area contributed by atoms with E-state index in [1.165, 1.54) is 22.9 Å². The van der Waals surface area contributed by atoms with E-state index in [2.05, 4.69) is 30.1 Å². The number of para-hydroxylation sites is 1. The van der Waals surface area contributed by atoms with Gasteiger partial charge < -0.3 is 4.90 Å². The third-order valence-electron chi connectivity index (χ3n) is 3.69. The molecule has 0 fully saturated rings. The predicted molar refractivity (Wildman–Crippen MR) is 98.0 cm³/mol. The van der Waals surface area contributed by atoms with Gasteiger partial charge in [0.25, 0.3) is 0 Å². The average Bonchev–Trinajstić information content (AvgIpc) is 2.97. The van der Waals surface area contributed by atoms with Crippen molar-refractivity contribution in [2.45, 2.75) is 17.8 Å². The topological polar surface area (TPSA) is 33.2 Å². The highest BCUT2D eigenvalue weighted by Gasteiger charge is 2.12. The van der Waals surface area contributed by atoms with Gasteiger partial charge in [0.2, 0.25) is 5.91 Å². The second-order valence-electron chi connectivity index (χ2n) is 5.41. The van der Waals surface area contributed by atoms with Crippen molar-refractivity contribution in [1.82, 2.24) is 9.88 Å². The summed E-state index contributed by atoms with van der Waals surface area (Å²) in [5.74, 6) is 0.542. The number of nitrogens with zero attached hydrogens (tertiary/aromatic N) is 2. The van der Waals surface area contributed by atoms with Crippen LogP contribution >= 0.6 is 23.1 Å². The van der Waals surface area contributed by atoms with Crippen LogP contribution in [0, 0.1) is 6.92 Å². The molecule has 3 nitrogen and oxygen atoms in total. The number of rotatable bonds is 5. The smallest absolute Gasteiger partial charge is 0.233 e. The van der Waals surface area contributed by atoms with Gasteiger partial charge in [0, 0.05) is 13.6 Å². The molecule has 0 radical (unpaired) electrons. The van der Waals surface area contributed by atoms with Crippen LogP contribution in [0.2, 0.25) is 0 Å². The van der Waals surface area contributed by atoms with Gasteiger partial charge in [0.05, 0.1) is 16.0 Å². The lowest BCUT2D eigenvalue weighted by atomic mass is 10.1. The van der Waals surface area contributed by atoms with Crippen LogP contribution in [0.15, 0.2) is 52.9 Å². The zero-order valence-electron chi connectivity index (χ0n) is 13.2. The third kappa shape index (κ3) is 3.92. The Labute approximate surface area is 144 Å². The van der Waals surface area contributed by atoms with Crippen molar-refractivity contribution >= 4 is 39.2 Å². The normalized spacial score (nSPS) is 10.9. The van der Waals surface area contributed by atoms with Gasteiger partial charge in [-0.25, -0.2) is 4.98 Å². The van der Waals surface area contributed by atoms with Crippen LogP contribution in [0.5, 0.6) is 0 Å². The second-order valence-corrected chi connectivity index (χ2v) is 7.67. The molecule has 3 rings (SSSR count). The van der Waals surface area contributed by atoms with Crippen molar-refractivity contribution in [2.75, 3.05) is 12.8 Å². The molecule has 0 aliphatic heterocycles. The monoisotopic (exact) mass is 342 g/mol. The molecule has 23 heavy (non-hydrogen) atoms. The molecule has 5 heteroatoms. The zero-order chi connectivity index (χ0) is 16.2. The summed E-state index contributed by atoms with van der Waals surface area (Å²) in [6.45, 7) is 2.72. The molecule has 1 heterocycles. The van der Waals surface area contributed by atoms with Crippen LogP contribution in [0.4, 0.5) is 0 Å². The van der Waals surface area contributed by atoms with Gasteiger partial charge in [-0.2, -0.15) is 0 Å². The summed E-state index contributed by atoms with van der Waals surface area (Å²) in [6.07, 6.45) is 0. The van der Waals surface area contributed by atoms with E-state index >= 15 is 0 Å². The first-order valence-electron chi connectivity index (χ1n) is 7.40. The molecule has 1 amide bonds. The van der Waals surface area contributed by atoms with Crippen molar-refractivity contribution in [3.05, 3.63) is 59.7 Å². The zero-order valence-corrected chi connectivity index (χ0v) is 14.8. The molecule has 3 aromatic rings. The molecule has 2 aromatic carbocycles. The number of carbonyl (C=O) groups is 1. The molecule has 0 saturated carbocycles. The minimum absolute atomic E-state index is 0.123. The van der Waals surface area contributed by atoms with Crippen molar-refractivity contribution in [3.63, 3.8) is 0 Å². The molecular formula is C18H18N2OS2. The fourth-order valence-electron chi connectivity index (χ4n) is 2.28. The molecular weight excluding hydrogens is 324 g/mol. The molecule has 0 atom stereocenters. The van der Waals surface area contributed by atoms with Gasteiger partial charge in [-0.3, -0.25) is 4.79 Å². The number of amides is 1. The second kappa shape index (κ2) is 7.15. The van der Waals surface area contributed by atoms with Gasteiger partial charge in [-0.1, -0.05) is 48.2 Å². The quantitative estimate of drug-likeness (QED) is 0.646. The molecule has 0 bridgehead atoms. The Bertz CT molecular complexity index is 796. The van der Waals surface area contributed by atoms with Gasteiger partial charge in [-0.15, -0.1) is 11.3 Å². The van der Waals surface area contributed by atoms with Crippen molar-refractivity contribution in [3.8, 4) is 0 Å². The summed E-state index contributed by atoms with van der Waals surface area (Å²) in [5.41, 5.74) is 3.40. The van der Waals surface area contributed by atoms with E-state index in [1.54, 1.807) is 16.2 Å². The molecule has 1 aromatic heterocycles. The number of aromatic nitrogens is 1. The lowest BCUT2D eigenvalue weighted by Crippen LogP contribution is -2.28. The third-order valence-corrected chi connectivity index (χ3v) is 5.85. The Morgan fingerprint density at radius 1 is 1.17 bits per heavy atom. The number of thiazole rings is 1. The Morgan fingerprint density at radius 2 is 1.91 bits per heavy atom. The highest BCUT2D eigenvalue weighted by atomic mass is 32.2. The van der Waals surface area contributed by atoms with E-state index in [0.29, 0.717) is 12.3 Å². The van der Waals surface area contributed by atoms with Gasteiger partial charge in [-0.05, 0) is 30.2 Å². The number of aryl methyl sites for hydroxylation is 1. The Balaban J connectivity index is 1.59. The van der Waals surface area contributed by atoms with Crippen LogP contribution in [0.3, 0.4) is 0 Å². The van der Waals surface area contributed by atoms with Gasteiger partial charge in [0.15, 0.2) is 4.34 Å². The van der Waals surface area contributed by atoms with E-state index < -0.39 is 0 Å². The molecule has 0 aliphatic carbocycles. The standard InChI is InChI=1S/C18H18N2OS2/c1-13-7-3-4-8-14(13)11-20(2)17(21)12-22-18-19-15-9-5-6-10-16(15)23-18/h3-10H,11-12H2,1-2H3. The van der Waals surface area contributed by atoms with Crippen molar-refractivity contribution in [1.29, 1.82) is 0 Å². The highest BCUT2D eigenvalue weighted by molar-refractivity contribution is 8.01. The summed E-state index contributed by atoms with van der Waals surface area (Å²) >= 11 is 3.15. The van der Waals surface area contributed by atoms with Gasteiger partial charge in [0.1, 0.15) is 0 Å². The lowest BCUT2D eigenvalue weighted by Gasteiger charge is -2.18. The maximum Gasteiger partial charge on any atom is 0.233 e.